The zero-order valence-electron chi connectivity index (χ0n) is 9.18. The van der Waals surface area contributed by atoms with Crippen LogP contribution in [-0.4, -0.2) is 46.8 Å². The van der Waals surface area contributed by atoms with Gasteiger partial charge in [-0.2, -0.15) is 5.10 Å². The van der Waals surface area contributed by atoms with E-state index in [2.05, 4.69) is 10.00 Å². The van der Waals surface area contributed by atoms with Crippen LogP contribution in [-0.2, 0) is 11.8 Å². The summed E-state index contributed by atoms with van der Waals surface area (Å²) >= 11 is 0. The Morgan fingerprint density at radius 2 is 2.00 bits per heavy atom. The fraction of sp³-hybridized carbons (Fsp3) is 0.600. The van der Waals surface area contributed by atoms with Crippen molar-refractivity contribution in [3.8, 4) is 0 Å². The summed E-state index contributed by atoms with van der Waals surface area (Å²) in [6.45, 7) is 5.03. The number of piperazine rings is 1. The van der Waals surface area contributed by atoms with E-state index in [1.54, 1.807) is 11.6 Å². The lowest BCUT2D eigenvalue weighted by Gasteiger charge is -2.34. The number of hydrogen-bond acceptors (Lipinski definition) is 3. The van der Waals surface area contributed by atoms with E-state index in [0.29, 0.717) is 0 Å². The van der Waals surface area contributed by atoms with Crippen LogP contribution in [0.4, 0.5) is 5.69 Å². The van der Waals surface area contributed by atoms with Crippen LogP contribution in [0.5, 0.6) is 0 Å². The largest absolute Gasteiger partial charge is 0.365 e. The standard InChI is InChI=1S/C10H16N4O/c1-9(15)13-3-5-14(6-4-13)10-7-11-12(2)8-10/h7-8H,3-6H2,1-2H3. The Bertz CT molecular complexity index is 352. The van der Waals surface area contributed by atoms with Crippen LogP contribution in [0.2, 0.25) is 0 Å². The highest BCUT2D eigenvalue weighted by Gasteiger charge is 2.19. The van der Waals surface area contributed by atoms with E-state index in [1.807, 2.05) is 24.3 Å². The average molecular weight is 208 g/mol. The summed E-state index contributed by atoms with van der Waals surface area (Å²) in [7, 11) is 1.91. The van der Waals surface area contributed by atoms with Crippen LogP contribution in [0.15, 0.2) is 12.4 Å². The molecule has 0 aliphatic carbocycles. The van der Waals surface area contributed by atoms with Crippen molar-refractivity contribution in [3.05, 3.63) is 12.4 Å². The molecule has 15 heavy (non-hydrogen) atoms. The quantitative estimate of drug-likeness (QED) is 0.656. The average Bonchev–Trinajstić information content (AvgIpc) is 2.65. The molecule has 1 fully saturated rings. The molecule has 1 aromatic heterocycles. The van der Waals surface area contributed by atoms with Gasteiger partial charge in [0.15, 0.2) is 0 Å². The van der Waals surface area contributed by atoms with Crippen molar-refractivity contribution in [1.82, 2.24) is 14.7 Å². The molecule has 5 nitrogen and oxygen atoms in total. The van der Waals surface area contributed by atoms with E-state index in [-0.39, 0.29) is 5.91 Å². The first-order valence-corrected chi connectivity index (χ1v) is 5.16. The van der Waals surface area contributed by atoms with Crippen LogP contribution in [0.25, 0.3) is 0 Å². The fourth-order valence-corrected chi connectivity index (χ4v) is 1.85. The van der Waals surface area contributed by atoms with Gasteiger partial charge in [0.2, 0.25) is 5.91 Å². The summed E-state index contributed by atoms with van der Waals surface area (Å²) in [6.07, 6.45) is 3.87. The summed E-state index contributed by atoms with van der Waals surface area (Å²) in [6, 6.07) is 0. The molecular formula is C10H16N4O. The van der Waals surface area contributed by atoms with Gasteiger partial charge in [0, 0.05) is 46.3 Å². The number of aromatic nitrogens is 2. The second kappa shape index (κ2) is 3.92. The lowest BCUT2D eigenvalue weighted by molar-refractivity contribution is -0.129. The molecule has 0 saturated carbocycles. The number of aryl methyl sites for hydroxylation is 1. The number of carbonyl (C=O) groups is 1. The molecule has 1 aliphatic rings. The lowest BCUT2D eigenvalue weighted by atomic mass is 10.3. The van der Waals surface area contributed by atoms with Crippen LogP contribution >= 0.6 is 0 Å². The van der Waals surface area contributed by atoms with Crippen molar-refractivity contribution in [2.45, 2.75) is 6.92 Å². The summed E-state index contributed by atoms with van der Waals surface area (Å²) in [5.74, 6) is 0.167. The molecule has 1 aromatic rings. The molecule has 5 heteroatoms. The highest BCUT2D eigenvalue weighted by atomic mass is 16.2. The molecule has 2 rings (SSSR count). The smallest absolute Gasteiger partial charge is 0.219 e. The van der Waals surface area contributed by atoms with E-state index in [0.717, 1.165) is 31.9 Å². The van der Waals surface area contributed by atoms with Crippen molar-refractivity contribution in [1.29, 1.82) is 0 Å². The topological polar surface area (TPSA) is 41.4 Å². The summed E-state index contributed by atoms with van der Waals surface area (Å²) in [5.41, 5.74) is 1.14. The molecule has 1 aliphatic heterocycles. The van der Waals surface area contributed by atoms with Gasteiger partial charge in [-0.15, -0.1) is 0 Å². The predicted octanol–water partition coefficient (Wildman–Crippen LogP) is 0.0886. The third-order valence-corrected chi connectivity index (χ3v) is 2.78. The van der Waals surface area contributed by atoms with E-state index in [1.165, 1.54) is 0 Å². The second-order valence-corrected chi connectivity index (χ2v) is 3.87. The Kier molecular flexibility index (Phi) is 2.62. The van der Waals surface area contributed by atoms with Gasteiger partial charge in [-0.25, -0.2) is 0 Å². The van der Waals surface area contributed by atoms with E-state index >= 15 is 0 Å². The number of nitrogens with zero attached hydrogens (tertiary/aromatic N) is 4. The minimum atomic E-state index is 0.167. The van der Waals surface area contributed by atoms with Gasteiger partial charge >= 0.3 is 0 Å². The van der Waals surface area contributed by atoms with Gasteiger partial charge in [-0.1, -0.05) is 0 Å². The maximum absolute atomic E-state index is 11.1. The monoisotopic (exact) mass is 208 g/mol. The Balaban J connectivity index is 1.96. The summed E-state index contributed by atoms with van der Waals surface area (Å²) in [4.78, 5) is 15.3. The Hall–Kier alpha value is -1.52. The van der Waals surface area contributed by atoms with Crippen LogP contribution in [0.3, 0.4) is 0 Å². The molecule has 0 unspecified atom stereocenters. The van der Waals surface area contributed by atoms with Gasteiger partial charge in [0.05, 0.1) is 11.9 Å². The Labute approximate surface area is 89.3 Å². The summed E-state index contributed by atoms with van der Waals surface area (Å²) in [5, 5.41) is 4.14. The first kappa shape index (κ1) is 10.0. The summed E-state index contributed by atoms with van der Waals surface area (Å²) < 4.78 is 1.80. The van der Waals surface area contributed by atoms with Gasteiger partial charge in [0.1, 0.15) is 0 Å². The van der Waals surface area contributed by atoms with Crippen molar-refractivity contribution in [2.24, 2.45) is 7.05 Å². The van der Waals surface area contributed by atoms with Gasteiger partial charge in [0.25, 0.3) is 0 Å². The predicted molar refractivity (Wildman–Crippen MR) is 57.7 cm³/mol. The van der Waals surface area contributed by atoms with Crippen molar-refractivity contribution in [2.75, 3.05) is 31.1 Å². The maximum Gasteiger partial charge on any atom is 0.219 e. The van der Waals surface area contributed by atoms with Crippen LogP contribution in [0.1, 0.15) is 6.92 Å². The van der Waals surface area contributed by atoms with Crippen LogP contribution < -0.4 is 4.90 Å². The molecule has 0 atom stereocenters. The van der Waals surface area contributed by atoms with Gasteiger partial charge < -0.3 is 9.80 Å². The third-order valence-electron chi connectivity index (χ3n) is 2.78. The minimum Gasteiger partial charge on any atom is -0.365 e. The molecule has 1 amide bonds. The first-order chi connectivity index (χ1) is 7.16. The molecular weight excluding hydrogens is 192 g/mol. The first-order valence-electron chi connectivity index (χ1n) is 5.16. The molecule has 1 saturated heterocycles. The second-order valence-electron chi connectivity index (χ2n) is 3.87. The highest BCUT2D eigenvalue weighted by Crippen LogP contribution is 2.14. The van der Waals surface area contributed by atoms with Crippen molar-refractivity contribution in [3.63, 3.8) is 0 Å². The molecule has 2 heterocycles. The lowest BCUT2D eigenvalue weighted by Crippen LogP contribution is -2.48. The Morgan fingerprint density at radius 1 is 1.33 bits per heavy atom. The number of amides is 1. The minimum absolute atomic E-state index is 0.167. The Morgan fingerprint density at radius 3 is 2.47 bits per heavy atom. The molecule has 82 valence electrons. The van der Waals surface area contributed by atoms with Crippen molar-refractivity contribution >= 4 is 11.6 Å². The number of hydrogen-bond donors (Lipinski definition) is 0. The number of rotatable bonds is 1. The zero-order valence-corrected chi connectivity index (χ0v) is 9.18. The maximum atomic E-state index is 11.1. The molecule has 0 N–H and O–H groups in total. The number of anilines is 1. The molecule has 0 spiro atoms. The van der Waals surface area contributed by atoms with Gasteiger partial charge in [-0.05, 0) is 0 Å². The molecule has 0 aromatic carbocycles. The zero-order chi connectivity index (χ0) is 10.8. The highest BCUT2D eigenvalue weighted by molar-refractivity contribution is 5.73. The van der Waals surface area contributed by atoms with Crippen LogP contribution in [0, 0.1) is 0 Å². The normalized spacial score (nSPS) is 16.9. The fourth-order valence-electron chi connectivity index (χ4n) is 1.85. The number of carbonyl (C=O) groups excluding carboxylic acids is 1. The van der Waals surface area contributed by atoms with Gasteiger partial charge in [-0.3, -0.25) is 9.48 Å². The van der Waals surface area contributed by atoms with E-state index < -0.39 is 0 Å². The van der Waals surface area contributed by atoms with E-state index in [4.69, 9.17) is 0 Å². The SMILES string of the molecule is CC(=O)N1CCN(c2cnn(C)c2)CC1. The van der Waals surface area contributed by atoms with Crippen molar-refractivity contribution < 1.29 is 4.79 Å². The molecule has 0 radical (unpaired) electrons. The third kappa shape index (κ3) is 2.11. The molecule has 0 bridgehead atoms. The van der Waals surface area contributed by atoms with E-state index in [9.17, 15) is 4.79 Å².